The molecular formula is C20H23NO2. The molecule has 23 heavy (non-hydrogen) atoms. The summed E-state index contributed by atoms with van der Waals surface area (Å²) in [6.07, 6.45) is 1.79. The molecule has 3 nitrogen and oxygen atoms in total. The Morgan fingerprint density at radius 2 is 1.74 bits per heavy atom. The van der Waals surface area contributed by atoms with E-state index in [9.17, 15) is 4.79 Å². The molecule has 0 saturated heterocycles. The van der Waals surface area contributed by atoms with Crippen LogP contribution in [0.5, 0.6) is 0 Å². The second-order valence-electron chi connectivity index (χ2n) is 5.66. The first-order chi connectivity index (χ1) is 11.0. The highest BCUT2D eigenvalue weighted by Crippen LogP contribution is 2.21. The first-order valence-electron chi connectivity index (χ1n) is 7.85. The molecular weight excluding hydrogens is 286 g/mol. The SMILES string of the molecule is CCOC(=O)C(N=Cc1c(C)cc(C)cc1C)c1ccccc1. The van der Waals surface area contributed by atoms with Crippen LogP contribution in [0.1, 0.15) is 40.8 Å². The number of nitrogens with zero attached hydrogens (tertiary/aromatic N) is 1. The summed E-state index contributed by atoms with van der Waals surface area (Å²) in [7, 11) is 0. The molecule has 0 amide bonds. The zero-order valence-corrected chi connectivity index (χ0v) is 14.2. The Morgan fingerprint density at radius 3 is 2.30 bits per heavy atom. The monoisotopic (exact) mass is 309 g/mol. The maximum absolute atomic E-state index is 12.3. The van der Waals surface area contributed by atoms with Gasteiger partial charge in [-0.2, -0.15) is 0 Å². The Kier molecular flexibility index (Phi) is 5.69. The van der Waals surface area contributed by atoms with Crippen molar-refractivity contribution in [1.29, 1.82) is 0 Å². The third-order valence-electron chi connectivity index (χ3n) is 3.72. The van der Waals surface area contributed by atoms with E-state index in [1.807, 2.05) is 30.3 Å². The van der Waals surface area contributed by atoms with E-state index < -0.39 is 6.04 Å². The summed E-state index contributed by atoms with van der Waals surface area (Å²) in [5.41, 5.74) is 5.43. The molecule has 3 heteroatoms. The van der Waals surface area contributed by atoms with Crippen molar-refractivity contribution in [2.24, 2.45) is 4.99 Å². The normalized spacial score (nSPS) is 12.3. The first-order valence-corrected chi connectivity index (χ1v) is 7.85. The van der Waals surface area contributed by atoms with Crippen molar-refractivity contribution in [3.05, 3.63) is 70.3 Å². The van der Waals surface area contributed by atoms with Gasteiger partial charge in [0.05, 0.1) is 6.61 Å². The Morgan fingerprint density at radius 1 is 1.13 bits per heavy atom. The van der Waals surface area contributed by atoms with Crippen LogP contribution in [0.15, 0.2) is 47.5 Å². The maximum Gasteiger partial charge on any atom is 0.335 e. The number of hydrogen-bond acceptors (Lipinski definition) is 3. The van der Waals surface area contributed by atoms with Gasteiger partial charge >= 0.3 is 5.97 Å². The molecule has 0 aliphatic heterocycles. The van der Waals surface area contributed by atoms with Gasteiger partial charge in [0.1, 0.15) is 0 Å². The summed E-state index contributed by atoms with van der Waals surface area (Å²) in [4.78, 5) is 16.8. The van der Waals surface area contributed by atoms with Crippen molar-refractivity contribution in [3.63, 3.8) is 0 Å². The number of rotatable bonds is 5. The highest BCUT2D eigenvalue weighted by Gasteiger charge is 2.20. The summed E-state index contributed by atoms with van der Waals surface area (Å²) in [6.45, 7) is 8.34. The van der Waals surface area contributed by atoms with Crippen LogP contribution in [0.25, 0.3) is 0 Å². The molecule has 0 fully saturated rings. The standard InChI is InChI=1S/C20H23NO2/c1-5-23-20(22)19(17-9-7-6-8-10-17)21-13-18-15(3)11-14(2)12-16(18)4/h6-13,19H,5H2,1-4H3. The fraction of sp³-hybridized carbons (Fsp3) is 0.300. The predicted octanol–water partition coefficient (Wildman–Crippen LogP) is 4.34. The van der Waals surface area contributed by atoms with Crippen LogP contribution in [0, 0.1) is 20.8 Å². The minimum absolute atomic E-state index is 0.322. The van der Waals surface area contributed by atoms with Gasteiger partial charge in [0.2, 0.25) is 0 Å². The molecule has 2 aromatic carbocycles. The molecule has 0 heterocycles. The van der Waals surface area contributed by atoms with E-state index in [4.69, 9.17) is 4.74 Å². The van der Waals surface area contributed by atoms with Crippen LogP contribution in [-0.4, -0.2) is 18.8 Å². The Bertz CT molecular complexity index is 682. The fourth-order valence-corrected chi connectivity index (χ4v) is 2.68. The zero-order chi connectivity index (χ0) is 16.8. The van der Waals surface area contributed by atoms with Gasteiger partial charge in [0.25, 0.3) is 0 Å². The molecule has 120 valence electrons. The van der Waals surface area contributed by atoms with Gasteiger partial charge in [-0.15, -0.1) is 0 Å². The van der Waals surface area contributed by atoms with Gasteiger partial charge in [-0.25, -0.2) is 4.79 Å². The number of hydrogen-bond donors (Lipinski definition) is 0. The molecule has 0 aromatic heterocycles. The zero-order valence-electron chi connectivity index (χ0n) is 14.2. The molecule has 0 spiro atoms. The summed E-state index contributed by atoms with van der Waals surface area (Å²) in [5.74, 6) is -0.322. The molecule has 2 rings (SSSR count). The first kappa shape index (κ1) is 16.9. The van der Waals surface area contributed by atoms with E-state index in [0.717, 1.165) is 22.3 Å². The number of ether oxygens (including phenoxy) is 1. The lowest BCUT2D eigenvalue weighted by Crippen LogP contribution is -2.14. The highest BCUT2D eigenvalue weighted by atomic mass is 16.5. The molecule has 0 bridgehead atoms. The molecule has 0 aliphatic rings. The summed E-state index contributed by atoms with van der Waals surface area (Å²) in [6, 6.07) is 13.1. The molecule has 1 unspecified atom stereocenters. The van der Waals surface area contributed by atoms with E-state index in [1.165, 1.54) is 5.56 Å². The van der Waals surface area contributed by atoms with Crippen LogP contribution in [-0.2, 0) is 9.53 Å². The van der Waals surface area contributed by atoms with E-state index in [2.05, 4.69) is 37.9 Å². The topological polar surface area (TPSA) is 38.7 Å². The molecule has 0 aliphatic carbocycles. The van der Waals surface area contributed by atoms with Crippen LogP contribution in [0.2, 0.25) is 0 Å². The summed E-state index contributed by atoms with van der Waals surface area (Å²) < 4.78 is 5.17. The van der Waals surface area contributed by atoms with Crippen LogP contribution >= 0.6 is 0 Å². The van der Waals surface area contributed by atoms with Crippen molar-refractivity contribution in [2.45, 2.75) is 33.7 Å². The lowest BCUT2D eigenvalue weighted by Gasteiger charge is -2.13. The van der Waals surface area contributed by atoms with Crippen LogP contribution < -0.4 is 0 Å². The Labute approximate surface area is 138 Å². The van der Waals surface area contributed by atoms with Crippen molar-refractivity contribution >= 4 is 12.2 Å². The number of aliphatic imine (C=N–C) groups is 1. The lowest BCUT2D eigenvalue weighted by atomic mass is 10.0. The number of carbonyl (C=O) groups excluding carboxylic acids is 1. The number of esters is 1. The van der Waals surface area contributed by atoms with E-state index >= 15 is 0 Å². The predicted molar refractivity (Wildman–Crippen MR) is 94.1 cm³/mol. The number of aryl methyl sites for hydroxylation is 3. The third-order valence-corrected chi connectivity index (χ3v) is 3.72. The van der Waals surface area contributed by atoms with Crippen molar-refractivity contribution < 1.29 is 9.53 Å². The second kappa shape index (κ2) is 7.73. The molecule has 1 atom stereocenters. The van der Waals surface area contributed by atoms with Gasteiger partial charge in [-0.05, 0) is 49.9 Å². The number of benzene rings is 2. The third kappa shape index (κ3) is 4.28. The molecule has 2 aromatic rings. The fourth-order valence-electron chi connectivity index (χ4n) is 2.68. The molecule has 0 N–H and O–H groups in total. The van der Waals surface area contributed by atoms with E-state index in [-0.39, 0.29) is 5.97 Å². The molecule has 0 radical (unpaired) electrons. The average molecular weight is 309 g/mol. The van der Waals surface area contributed by atoms with Gasteiger partial charge in [-0.1, -0.05) is 48.0 Å². The van der Waals surface area contributed by atoms with Crippen molar-refractivity contribution in [2.75, 3.05) is 6.61 Å². The number of carbonyl (C=O) groups is 1. The van der Waals surface area contributed by atoms with Gasteiger partial charge in [0, 0.05) is 6.21 Å². The van der Waals surface area contributed by atoms with Gasteiger partial charge in [0.15, 0.2) is 6.04 Å². The minimum atomic E-state index is -0.628. The van der Waals surface area contributed by atoms with E-state index in [0.29, 0.717) is 6.61 Å². The Balaban J connectivity index is 2.37. The quantitative estimate of drug-likeness (QED) is 0.609. The van der Waals surface area contributed by atoms with Gasteiger partial charge < -0.3 is 4.74 Å². The van der Waals surface area contributed by atoms with Gasteiger partial charge in [-0.3, -0.25) is 4.99 Å². The summed E-state index contributed by atoms with van der Waals surface area (Å²) >= 11 is 0. The van der Waals surface area contributed by atoms with Crippen molar-refractivity contribution in [3.8, 4) is 0 Å². The van der Waals surface area contributed by atoms with E-state index in [1.54, 1.807) is 13.1 Å². The maximum atomic E-state index is 12.3. The second-order valence-corrected chi connectivity index (χ2v) is 5.66. The smallest absolute Gasteiger partial charge is 0.335 e. The van der Waals surface area contributed by atoms with Crippen LogP contribution in [0.4, 0.5) is 0 Å². The van der Waals surface area contributed by atoms with Crippen LogP contribution in [0.3, 0.4) is 0 Å². The Hall–Kier alpha value is -2.42. The largest absolute Gasteiger partial charge is 0.464 e. The lowest BCUT2D eigenvalue weighted by molar-refractivity contribution is -0.144. The average Bonchev–Trinajstić information content (AvgIpc) is 2.51. The summed E-state index contributed by atoms with van der Waals surface area (Å²) in [5, 5.41) is 0. The highest BCUT2D eigenvalue weighted by molar-refractivity contribution is 5.87. The molecule has 0 saturated carbocycles. The van der Waals surface area contributed by atoms with Crippen molar-refractivity contribution in [1.82, 2.24) is 0 Å². The minimum Gasteiger partial charge on any atom is -0.464 e.